The summed E-state index contributed by atoms with van der Waals surface area (Å²) in [4.78, 5) is 30.2. The lowest BCUT2D eigenvalue weighted by Gasteiger charge is -2.22. The summed E-state index contributed by atoms with van der Waals surface area (Å²) in [6.07, 6.45) is 1.64. The van der Waals surface area contributed by atoms with Crippen LogP contribution in [-0.4, -0.2) is 41.5 Å². The highest BCUT2D eigenvalue weighted by Gasteiger charge is 2.18. The van der Waals surface area contributed by atoms with Crippen LogP contribution < -0.4 is 4.74 Å². The Kier molecular flexibility index (Phi) is 7.14. The summed E-state index contributed by atoms with van der Waals surface area (Å²) in [5.41, 5.74) is 1.43. The Balaban J connectivity index is 2.14. The monoisotopic (exact) mass is 356 g/mol. The van der Waals surface area contributed by atoms with Crippen molar-refractivity contribution in [1.82, 2.24) is 9.88 Å². The molecule has 0 aliphatic heterocycles. The molecule has 0 radical (unpaired) electrons. The Bertz CT molecular complexity index is 714. The topological polar surface area (TPSA) is 68.7 Å². The molecule has 0 bridgehead atoms. The highest BCUT2D eigenvalue weighted by atomic mass is 16.5. The number of carbonyl (C=O) groups is 2. The molecule has 1 amide bonds. The smallest absolute Gasteiger partial charge is 0.307 e. The Hall–Kier alpha value is -2.89. The minimum Gasteiger partial charge on any atom is -0.475 e. The molecular weight excluding hydrogens is 332 g/mol. The molecule has 0 aliphatic carbocycles. The number of rotatable bonds is 8. The quantitative estimate of drug-likeness (QED) is 0.680. The van der Waals surface area contributed by atoms with Gasteiger partial charge in [0.2, 0.25) is 5.88 Å². The molecule has 0 atom stereocenters. The van der Waals surface area contributed by atoms with Crippen LogP contribution >= 0.6 is 0 Å². The first-order chi connectivity index (χ1) is 12.5. The van der Waals surface area contributed by atoms with Gasteiger partial charge in [-0.2, -0.15) is 0 Å². The minimum atomic E-state index is -0.352. The number of aromatic nitrogens is 1. The largest absolute Gasteiger partial charge is 0.475 e. The van der Waals surface area contributed by atoms with E-state index in [2.05, 4.69) is 9.72 Å². The molecule has 6 heteroatoms. The molecule has 2 aromatic rings. The fourth-order valence-electron chi connectivity index (χ4n) is 2.39. The molecule has 2 rings (SSSR count). The number of pyridine rings is 1. The molecule has 6 nitrogen and oxygen atoms in total. The normalized spacial score (nSPS) is 10.5. The number of benzene rings is 1. The lowest BCUT2D eigenvalue weighted by molar-refractivity contribution is -0.140. The zero-order chi connectivity index (χ0) is 18.9. The van der Waals surface area contributed by atoms with Gasteiger partial charge in [0.1, 0.15) is 0 Å². The highest BCUT2D eigenvalue weighted by molar-refractivity contribution is 5.94. The summed E-state index contributed by atoms with van der Waals surface area (Å²) in [6.45, 7) is 4.50. The van der Waals surface area contributed by atoms with E-state index in [0.29, 0.717) is 18.0 Å². The molecule has 0 spiro atoms. The van der Waals surface area contributed by atoms with E-state index in [1.54, 1.807) is 17.0 Å². The third-order valence-corrected chi connectivity index (χ3v) is 3.66. The van der Waals surface area contributed by atoms with Gasteiger partial charge >= 0.3 is 5.97 Å². The van der Waals surface area contributed by atoms with Gasteiger partial charge < -0.3 is 14.4 Å². The van der Waals surface area contributed by atoms with Crippen LogP contribution in [0, 0.1) is 0 Å². The number of hydrogen-bond donors (Lipinski definition) is 0. The van der Waals surface area contributed by atoms with Crippen molar-refractivity contribution in [1.29, 1.82) is 0 Å². The number of methoxy groups -OCH3 is 1. The first-order valence-electron chi connectivity index (χ1n) is 8.52. The molecule has 1 heterocycles. The fourth-order valence-corrected chi connectivity index (χ4v) is 2.39. The van der Waals surface area contributed by atoms with Crippen LogP contribution in [0.25, 0.3) is 0 Å². The lowest BCUT2D eigenvalue weighted by atomic mass is 10.1. The van der Waals surface area contributed by atoms with Gasteiger partial charge in [-0.05, 0) is 25.5 Å². The van der Waals surface area contributed by atoms with Gasteiger partial charge in [0.15, 0.2) is 0 Å². The van der Waals surface area contributed by atoms with Gasteiger partial charge in [-0.3, -0.25) is 9.59 Å². The second kappa shape index (κ2) is 9.56. The minimum absolute atomic E-state index is 0.0127. The second-order valence-electron chi connectivity index (χ2n) is 6.09. The molecule has 0 saturated carbocycles. The van der Waals surface area contributed by atoms with Gasteiger partial charge in [0, 0.05) is 25.4 Å². The molecule has 26 heavy (non-hydrogen) atoms. The summed E-state index contributed by atoms with van der Waals surface area (Å²) in [5.74, 6) is -0.0725. The Labute approximate surface area is 153 Å². The molecule has 1 aromatic carbocycles. The van der Waals surface area contributed by atoms with Crippen molar-refractivity contribution in [2.75, 3.05) is 13.7 Å². The van der Waals surface area contributed by atoms with E-state index in [9.17, 15) is 9.59 Å². The van der Waals surface area contributed by atoms with Crippen molar-refractivity contribution < 1.29 is 19.1 Å². The Morgan fingerprint density at radius 1 is 1.12 bits per heavy atom. The molecule has 138 valence electrons. The van der Waals surface area contributed by atoms with E-state index in [0.717, 1.165) is 5.56 Å². The molecular formula is C20H24N2O4. The fraction of sp³-hybridized carbons (Fsp3) is 0.350. The molecule has 0 fully saturated rings. The number of hydrogen-bond acceptors (Lipinski definition) is 5. The van der Waals surface area contributed by atoms with E-state index in [1.807, 2.05) is 44.2 Å². The van der Waals surface area contributed by atoms with Crippen LogP contribution in [-0.2, 0) is 16.1 Å². The first kappa shape index (κ1) is 19.4. The zero-order valence-electron chi connectivity index (χ0n) is 15.3. The van der Waals surface area contributed by atoms with Crippen molar-refractivity contribution in [2.45, 2.75) is 32.9 Å². The average Bonchev–Trinajstić information content (AvgIpc) is 2.65. The summed E-state index contributed by atoms with van der Waals surface area (Å²) in [7, 11) is 1.34. The molecule has 0 aliphatic rings. The standard InChI is InChI=1S/C20H24N2O4/c1-15(2)26-18-10-9-17(13-21-18)20(24)22(12-11-19(23)25-3)14-16-7-5-4-6-8-16/h4-10,13,15H,11-12,14H2,1-3H3. The van der Waals surface area contributed by atoms with Crippen LogP contribution in [0.3, 0.4) is 0 Å². The second-order valence-corrected chi connectivity index (χ2v) is 6.09. The van der Waals surface area contributed by atoms with Crippen molar-refractivity contribution in [3.05, 3.63) is 59.8 Å². The van der Waals surface area contributed by atoms with E-state index in [1.165, 1.54) is 13.3 Å². The van der Waals surface area contributed by atoms with E-state index < -0.39 is 0 Å². The summed E-state index contributed by atoms with van der Waals surface area (Å²) in [5, 5.41) is 0. The summed E-state index contributed by atoms with van der Waals surface area (Å²) < 4.78 is 10.2. The van der Waals surface area contributed by atoms with Crippen LogP contribution in [0.5, 0.6) is 5.88 Å². The molecule has 0 N–H and O–H groups in total. The Morgan fingerprint density at radius 3 is 2.42 bits per heavy atom. The number of esters is 1. The number of carbonyl (C=O) groups excluding carboxylic acids is 2. The van der Waals surface area contributed by atoms with Crippen LogP contribution in [0.1, 0.15) is 36.2 Å². The Morgan fingerprint density at radius 2 is 1.85 bits per heavy atom. The van der Waals surface area contributed by atoms with Crippen molar-refractivity contribution in [3.8, 4) is 5.88 Å². The van der Waals surface area contributed by atoms with Gasteiger partial charge in [0.05, 0.1) is 25.2 Å². The van der Waals surface area contributed by atoms with Gasteiger partial charge in [-0.15, -0.1) is 0 Å². The maximum atomic E-state index is 12.9. The summed E-state index contributed by atoms with van der Waals surface area (Å²) in [6, 6.07) is 13.0. The van der Waals surface area contributed by atoms with Crippen molar-refractivity contribution in [2.24, 2.45) is 0 Å². The number of amides is 1. The predicted octanol–water partition coefficient (Wildman–Crippen LogP) is 3.07. The van der Waals surface area contributed by atoms with Crippen LogP contribution in [0.2, 0.25) is 0 Å². The van der Waals surface area contributed by atoms with Gasteiger partial charge in [-0.25, -0.2) is 4.98 Å². The first-order valence-corrected chi connectivity index (χ1v) is 8.52. The molecule has 0 unspecified atom stereocenters. The average molecular weight is 356 g/mol. The summed E-state index contributed by atoms with van der Waals surface area (Å²) >= 11 is 0. The van der Waals surface area contributed by atoms with Gasteiger partial charge in [0.25, 0.3) is 5.91 Å². The predicted molar refractivity (Wildman–Crippen MR) is 97.8 cm³/mol. The maximum Gasteiger partial charge on any atom is 0.307 e. The van der Waals surface area contributed by atoms with E-state index >= 15 is 0 Å². The van der Waals surface area contributed by atoms with E-state index in [4.69, 9.17) is 4.74 Å². The maximum absolute atomic E-state index is 12.9. The molecule has 1 aromatic heterocycles. The number of nitrogens with zero attached hydrogens (tertiary/aromatic N) is 2. The third kappa shape index (κ3) is 5.88. The van der Waals surface area contributed by atoms with E-state index in [-0.39, 0.29) is 30.9 Å². The third-order valence-electron chi connectivity index (χ3n) is 3.66. The van der Waals surface area contributed by atoms with Crippen molar-refractivity contribution >= 4 is 11.9 Å². The SMILES string of the molecule is COC(=O)CCN(Cc1ccccc1)C(=O)c1ccc(OC(C)C)nc1. The molecule has 0 saturated heterocycles. The highest BCUT2D eigenvalue weighted by Crippen LogP contribution is 2.14. The van der Waals surface area contributed by atoms with Gasteiger partial charge in [-0.1, -0.05) is 30.3 Å². The zero-order valence-corrected chi connectivity index (χ0v) is 15.3. The number of ether oxygens (including phenoxy) is 2. The lowest BCUT2D eigenvalue weighted by Crippen LogP contribution is -2.32. The van der Waals surface area contributed by atoms with Crippen LogP contribution in [0.15, 0.2) is 48.7 Å². The van der Waals surface area contributed by atoms with Crippen LogP contribution in [0.4, 0.5) is 0 Å². The van der Waals surface area contributed by atoms with Crippen molar-refractivity contribution in [3.63, 3.8) is 0 Å².